The normalized spacial score (nSPS) is 11.3. The number of anilines is 1. The van der Waals surface area contributed by atoms with Gasteiger partial charge in [-0.1, -0.05) is 16.8 Å². The number of hydrogen-bond acceptors (Lipinski definition) is 6. The topological polar surface area (TPSA) is 94.3 Å². The molecule has 0 spiro atoms. The lowest BCUT2D eigenvalue weighted by atomic mass is 10.2. The molecule has 1 aromatic carbocycles. The van der Waals surface area contributed by atoms with E-state index in [1.54, 1.807) is 18.2 Å². The van der Waals surface area contributed by atoms with E-state index in [9.17, 15) is 8.42 Å². The molecule has 0 aliphatic heterocycles. The van der Waals surface area contributed by atoms with Gasteiger partial charge in [0.2, 0.25) is 0 Å². The van der Waals surface area contributed by atoms with E-state index in [0.717, 1.165) is 11.3 Å². The highest BCUT2D eigenvalue weighted by Gasteiger charge is 2.15. The molecule has 0 fully saturated rings. The molecule has 2 heterocycles. The molecule has 136 valence electrons. The maximum Gasteiger partial charge on any atom is 0.263 e. The SMILES string of the molecule is Cc1noc(C)c1COc1ccc(S(=O)(=O)Nc2ccc(Cl)cn2)cc1. The molecule has 7 nitrogen and oxygen atoms in total. The Hall–Kier alpha value is -2.58. The van der Waals surface area contributed by atoms with Gasteiger partial charge in [0, 0.05) is 6.20 Å². The number of pyridine rings is 1. The summed E-state index contributed by atoms with van der Waals surface area (Å²) in [6.45, 7) is 3.94. The van der Waals surface area contributed by atoms with Gasteiger partial charge in [-0.15, -0.1) is 0 Å². The Bertz CT molecular complexity index is 980. The highest BCUT2D eigenvalue weighted by Crippen LogP contribution is 2.21. The van der Waals surface area contributed by atoms with Crippen LogP contribution in [0.25, 0.3) is 0 Å². The molecule has 0 amide bonds. The van der Waals surface area contributed by atoms with E-state index in [-0.39, 0.29) is 10.7 Å². The second kappa shape index (κ2) is 7.35. The molecule has 0 atom stereocenters. The van der Waals surface area contributed by atoms with E-state index in [0.29, 0.717) is 23.1 Å². The van der Waals surface area contributed by atoms with Gasteiger partial charge in [0.1, 0.15) is 23.9 Å². The molecule has 0 aliphatic rings. The third-order valence-electron chi connectivity index (χ3n) is 3.66. The van der Waals surface area contributed by atoms with Crippen molar-refractivity contribution in [1.82, 2.24) is 10.1 Å². The van der Waals surface area contributed by atoms with E-state index in [1.165, 1.54) is 24.4 Å². The number of aryl methyl sites for hydroxylation is 2. The molecule has 3 aromatic rings. The summed E-state index contributed by atoms with van der Waals surface area (Å²) in [4.78, 5) is 4.02. The van der Waals surface area contributed by atoms with Crippen LogP contribution in [0, 0.1) is 13.8 Å². The van der Waals surface area contributed by atoms with Crippen LogP contribution in [0.4, 0.5) is 5.82 Å². The number of hydrogen-bond donors (Lipinski definition) is 1. The fourth-order valence-corrected chi connectivity index (χ4v) is 3.33. The second-order valence-electron chi connectivity index (χ2n) is 5.53. The number of benzene rings is 1. The van der Waals surface area contributed by atoms with E-state index in [2.05, 4.69) is 14.9 Å². The van der Waals surface area contributed by atoms with E-state index in [4.69, 9.17) is 20.9 Å². The zero-order chi connectivity index (χ0) is 18.7. The average molecular weight is 394 g/mol. The lowest BCUT2D eigenvalue weighted by molar-refractivity contribution is 0.301. The number of nitrogens with zero attached hydrogens (tertiary/aromatic N) is 2. The number of rotatable bonds is 6. The van der Waals surface area contributed by atoms with Crippen LogP contribution in [-0.2, 0) is 16.6 Å². The standard InChI is InChI=1S/C17H16ClN3O4S/c1-11-16(12(2)25-20-11)10-24-14-4-6-15(7-5-14)26(22,23)21-17-8-3-13(18)9-19-17/h3-9H,10H2,1-2H3,(H,19,21). The number of sulfonamides is 1. The first-order valence-electron chi connectivity index (χ1n) is 7.64. The Kier molecular flexibility index (Phi) is 5.15. The quantitative estimate of drug-likeness (QED) is 0.685. The van der Waals surface area contributed by atoms with Gasteiger partial charge in [0.05, 0.1) is 21.2 Å². The van der Waals surface area contributed by atoms with E-state index in [1.807, 2.05) is 13.8 Å². The summed E-state index contributed by atoms with van der Waals surface area (Å²) in [5, 5.41) is 4.29. The molecule has 0 radical (unpaired) electrons. The van der Waals surface area contributed by atoms with Crippen molar-refractivity contribution in [3.8, 4) is 5.75 Å². The Labute approximate surface area is 156 Å². The van der Waals surface area contributed by atoms with Gasteiger partial charge >= 0.3 is 0 Å². The first kappa shape index (κ1) is 18.2. The average Bonchev–Trinajstić information content (AvgIpc) is 2.93. The summed E-state index contributed by atoms with van der Waals surface area (Å²) in [7, 11) is -3.75. The van der Waals surface area contributed by atoms with Crippen molar-refractivity contribution in [2.75, 3.05) is 4.72 Å². The lowest BCUT2D eigenvalue weighted by Crippen LogP contribution is -2.13. The summed E-state index contributed by atoms with van der Waals surface area (Å²) < 4.78 is 37.9. The van der Waals surface area contributed by atoms with Crippen LogP contribution in [0.2, 0.25) is 5.02 Å². The largest absolute Gasteiger partial charge is 0.489 e. The minimum atomic E-state index is -3.75. The molecular weight excluding hydrogens is 378 g/mol. The Morgan fingerprint density at radius 2 is 1.88 bits per heavy atom. The molecular formula is C17H16ClN3O4S. The molecule has 1 N–H and O–H groups in total. The summed E-state index contributed by atoms with van der Waals surface area (Å²) in [5.41, 5.74) is 1.64. The molecule has 2 aromatic heterocycles. The lowest BCUT2D eigenvalue weighted by Gasteiger charge is -2.09. The Balaban J connectivity index is 1.69. The van der Waals surface area contributed by atoms with Crippen LogP contribution in [0.15, 0.2) is 52.0 Å². The zero-order valence-electron chi connectivity index (χ0n) is 14.1. The highest BCUT2D eigenvalue weighted by molar-refractivity contribution is 7.92. The Morgan fingerprint density at radius 3 is 2.46 bits per heavy atom. The van der Waals surface area contributed by atoms with Crippen molar-refractivity contribution in [3.63, 3.8) is 0 Å². The van der Waals surface area contributed by atoms with Gasteiger partial charge in [0.25, 0.3) is 10.0 Å². The first-order valence-corrected chi connectivity index (χ1v) is 9.50. The smallest absolute Gasteiger partial charge is 0.263 e. The fourth-order valence-electron chi connectivity index (χ4n) is 2.21. The molecule has 0 saturated heterocycles. The van der Waals surface area contributed by atoms with Gasteiger partial charge in [-0.05, 0) is 50.2 Å². The van der Waals surface area contributed by atoms with E-state index >= 15 is 0 Å². The van der Waals surface area contributed by atoms with Crippen molar-refractivity contribution in [3.05, 3.63) is 64.6 Å². The summed E-state index contributed by atoms with van der Waals surface area (Å²) in [6, 6.07) is 9.13. The van der Waals surface area contributed by atoms with E-state index < -0.39 is 10.0 Å². The molecule has 3 rings (SSSR count). The number of nitrogens with one attached hydrogen (secondary N) is 1. The van der Waals surface area contributed by atoms with Crippen LogP contribution in [-0.4, -0.2) is 18.6 Å². The van der Waals surface area contributed by atoms with Gasteiger partial charge in [-0.3, -0.25) is 4.72 Å². The zero-order valence-corrected chi connectivity index (χ0v) is 15.6. The molecule has 0 bridgehead atoms. The monoisotopic (exact) mass is 393 g/mol. The van der Waals surface area contributed by atoms with Crippen LogP contribution < -0.4 is 9.46 Å². The van der Waals surface area contributed by atoms with Crippen molar-refractivity contribution in [2.45, 2.75) is 25.3 Å². The van der Waals surface area contributed by atoms with Gasteiger partial charge in [0.15, 0.2) is 0 Å². The first-order chi connectivity index (χ1) is 12.3. The molecule has 0 saturated carbocycles. The number of ether oxygens (including phenoxy) is 1. The third kappa shape index (κ3) is 4.14. The minimum Gasteiger partial charge on any atom is -0.489 e. The maximum atomic E-state index is 12.4. The summed E-state index contributed by atoms with van der Waals surface area (Å²) in [6.07, 6.45) is 1.37. The number of halogens is 1. The minimum absolute atomic E-state index is 0.0962. The van der Waals surface area contributed by atoms with Gasteiger partial charge in [-0.2, -0.15) is 0 Å². The fraction of sp³-hybridized carbons (Fsp3) is 0.176. The third-order valence-corrected chi connectivity index (χ3v) is 5.26. The maximum absolute atomic E-state index is 12.4. The van der Waals surface area contributed by atoms with Crippen molar-refractivity contribution in [2.24, 2.45) is 0 Å². The van der Waals surface area contributed by atoms with Crippen molar-refractivity contribution >= 4 is 27.4 Å². The second-order valence-corrected chi connectivity index (χ2v) is 7.65. The summed E-state index contributed by atoms with van der Waals surface area (Å²) in [5.74, 6) is 1.42. The Morgan fingerprint density at radius 1 is 1.15 bits per heavy atom. The number of aromatic nitrogens is 2. The molecule has 0 aliphatic carbocycles. The predicted octanol–water partition coefficient (Wildman–Crippen LogP) is 3.72. The summed E-state index contributed by atoms with van der Waals surface area (Å²) >= 11 is 5.74. The van der Waals surface area contributed by atoms with Crippen molar-refractivity contribution in [1.29, 1.82) is 0 Å². The van der Waals surface area contributed by atoms with Crippen LogP contribution in [0.1, 0.15) is 17.0 Å². The van der Waals surface area contributed by atoms with Crippen LogP contribution in [0.3, 0.4) is 0 Å². The van der Waals surface area contributed by atoms with Gasteiger partial charge < -0.3 is 9.26 Å². The predicted molar refractivity (Wildman–Crippen MR) is 96.8 cm³/mol. The van der Waals surface area contributed by atoms with Crippen molar-refractivity contribution < 1.29 is 17.7 Å². The molecule has 26 heavy (non-hydrogen) atoms. The van der Waals surface area contributed by atoms with Crippen LogP contribution >= 0.6 is 11.6 Å². The highest BCUT2D eigenvalue weighted by atomic mass is 35.5. The molecule has 9 heteroatoms. The van der Waals surface area contributed by atoms with Gasteiger partial charge in [-0.25, -0.2) is 13.4 Å². The molecule has 0 unspecified atom stereocenters. The van der Waals surface area contributed by atoms with Crippen LogP contribution in [0.5, 0.6) is 5.75 Å².